The summed E-state index contributed by atoms with van der Waals surface area (Å²) >= 11 is 0. The number of nitrogens with zero attached hydrogens (tertiary/aromatic N) is 1. The first-order valence-electron chi connectivity index (χ1n) is 10.5. The van der Waals surface area contributed by atoms with Gasteiger partial charge in [0, 0.05) is 31.1 Å². The predicted octanol–water partition coefficient (Wildman–Crippen LogP) is -1.66. The summed E-state index contributed by atoms with van der Waals surface area (Å²) in [5.74, 6) is -0.0526. The summed E-state index contributed by atoms with van der Waals surface area (Å²) in [4.78, 5) is 39.2. The Morgan fingerprint density at radius 1 is 1.10 bits per heavy atom. The summed E-state index contributed by atoms with van der Waals surface area (Å²) in [6.07, 6.45) is 1.99. The largest absolute Gasteiger partial charge is 1.00 e. The first kappa shape index (κ1) is 25.9. The molecule has 2 atom stereocenters. The number of carbonyl (C=O) groups is 3. The molecule has 0 unspecified atom stereocenters. The molecule has 0 bridgehead atoms. The monoisotopic (exact) mass is 438 g/mol. The number of amides is 3. The van der Waals surface area contributed by atoms with E-state index in [1.807, 2.05) is 36.1 Å². The molecular formula is C22H35ClN4O3. The number of nitrogens with one attached hydrogen (secondary N) is 2. The molecule has 168 valence electrons. The van der Waals surface area contributed by atoms with E-state index in [1.54, 1.807) is 6.92 Å². The SMILES string of the molecule is Cc1ccc(NC(=O)[C@H](C)NC(=O)C2CCN(C(=O)[C@@H]([NH3+])CC(C)C)CC2)cc1.[Cl-]. The maximum Gasteiger partial charge on any atom is 0.280 e. The minimum absolute atomic E-state index is 0. The molecule has 0 radical (unpaired) electrons. The number of aryl methyl sites for hydroxylation is 1. The zero-order chi connectivity index (χ0) is 21.6. The maximum atomic E-state index is 12.6. The van der Waals surface area contributed by atoms with E-state index in [0.29, 0.717) is 37.5 Å². The van der Waals surface area contributed by atoms with Crippen LogP contribution >= 0.6 is 0 Å². The van der Waals surface area contributed by atoms with Crippen molar-refractivity contribution in [3.8, 4) is 0 Å². The molecule has 7 nitrogen and oxygen atoms in total. The third kappa shape index (κ3) is 7.61. The molecule has 1 aromatic carbocycles. The first-order chi connectivity index (χ1) is 13.7. The molecule has 0 saturated carbocycles. The summed E-state index contributed by atoms with van der Waals surface area (Å²) in [5.41, 5.74) is 5.81. The van der Waals surface area contributed by atoms with Crippen molar-refractivity contribution in [3.05, 3.63) is 29.8 Å². The van der Waals surface area contributed by atoms with Gasteiger partial charge in [0.05, 0.1) is 0 Å². The fourth-order valence-corrected chi connectivity index (χ4v) is 3.57. The Hall–Kier alpha value is -2.12. The number of anilines is 1. The Bertz CT molecular complexity index is 716. The lowest BCUT2D eigenvalue weighted by molar-refractivity contribution is -0.408. The van der Waals surface area contributed by atoms with Crippen LogP contribution in [-0.2, 0) is 14.4 Å². The number of hydrogen-bond donors (Lipinski definition) is 3. The molecule has 8 heteroatoms. The molecule has 0 aliphatic carbocycles. The van der Waals surface area contributed by atoms with Crippen LogP contribution in [0.3, 0.4) is 0 Å². The van der Waals surface area contributed by atoms with Crippen molar-refractivity contribution >= 4 is 23.4 Å². The van der Waals surface area contributed by atoms with Gasteiger partial charge in [-0.3, -0.25) is 14.4 Å². The van der Waals surface area contributed by atoms with E-state index in [-0.39, 0.29) is 42.1 Å². The lowest BCUT2D eigenvalue weighted by Crippen LogP contribution is -3.00. The molecule has 1 fully saturated rings. The Labute approximate surface area is 185 Å². The van der Waals surface area contributed by atoms with Gasteiger partial charge in [-0.15, -0.1) is 0 Å². The smallest absolute Gasteiger partial charge is 0.280 e. The van der Waals surface area contributed by atoms with Crippen LogP contribution in [0.1, 0.15) is 45.6 Å². The zero-order valence-corrected chi connectivity index (χ0v) is 19.2. The molecule has 1 aliphatic heterocycles. The molecule has 5 N–H and O–H groups in total. The molecule has 30 heavy (non-hydrogen) atoms. The highest BCUT2D eigenvalue weighted by Gasteiger charge is 2.32. The highest BCUT2D eigenvalue weighted by Crippen LogP contribution is 2.19. The van der Waals surface area contributed by atoms with Crippen LogP contribution in [-0.4, -0.2) is 47.8 Å². The molecule has 1 aliphatic rings. The van der Waals surface area contributed by atoms with E-state index < -0.39 is 6.04 Å². The zero-order valence-electron chi connectivity index (χ0n) is 18.4. The van der Waals surface area contributed by atoms with Gasteiger partial charge >= 0.3 is 0 Å². The van der Waals surface area contributed by atoms with Gasteiger partial charge in [-0.25, -0.2) is 0 Å². The Kier molecular flexibility index (Phi) is 10.3. The van der Waals surface area contributed by atoms with Crippen molar-refractivity contribution in [3.63, 3.8) is 0 Å². The summed E-state index contributed by atoms with van der Waals surface area (Å²) in [6, 6.07) is 6.66. The summed E-state index contributed by atoms with van der Waals surface area (Å²) in [7, 11) is 0. The average molecular weight is 439 g/mol. The quantitative estimate of drug-likeness (QED) is 0.474. The highest BCUT2D eigenvalue weighted by atomic mass is 35.5. The molecule has 0 spiro atoms. The van der Waals surface area contributed by atoms with Crippen LogP contribution in [0.4, 0.5) is 5.69 Å². The van der Waals surface area contributed by atoms with Crippen molar-refractivity contribution < 1.29 is 32.5 Å². The van der Waals surface area contributed by atoms with Crippen molar-refractivity contribution in [2.75, 3.05) is 18.4 Å². The van der Waals surface area contributed by atoms with Gasteiger partial charge in [0.15, 0.2) is 6.04 Å². The summed E-state index contributed by atoms with van der Waals surface area (Å²) in [6.45, 7) is 8.94. The van der Waals surface area contributed by atoms with Crippen molar-refractivity contribution in [1.29, 1.82) is 0 Å². The van der Waals surface area contributed by atoms with E-state index in [0.717, 1.165) is 12.0 Å². The van der Waals surface area contributed by atoms with Gasteiger partial charge in [-0.2, -0.15) is 0 Å². The van der Waals surface area contributed by atoms with E-state index in [4.69, 9.17) is 0 Å². The number of piperidine rings is 1. The van der Waals surface area contributed by atoms with E-state index in [2.05, 4.69) is 30.2 Å². The van der Waals surface area contributed by atoms with Crippen LogP contribution in [0.25, 0.3) is 0 Å². The van der Waals surface area contributed by atoms with Gasteiger partial charge in [-0.1, -0.05) is 31.5 Å². The van der Waals surface area contributed by atoms with Crippen molar-refractivity contribution in [2.45, 2.75) is 59.0 Å². The van der Waals surface area contributed by atoms with Crippen LogP contribution in [0.2, 0.25) is 0 Å². The second-order valence-corrected chi connectivity index (χ2v) is 8.51. The third-order valence-corrected chi connectivity index (χ3v) is 5.35. The fourth-order valence-electron chi connectivity index (χ4n) is 3.57. The number of rotatable bonds is 7. The van der Waals surface area contributed by atoms with E-state index in [9.17, 15) is 14.4 Å². The maximum absolute atomic E-state index is 12.6. The predicted molar refractivity (Wildman–Crippen MR) is 113 cm³/mol. The second kappa shape index (κ2) is 11.9. The lowest BCUT2D eigenvalue weighted by atomic mass is 9.94. The molecule has 1 heterocycles. The van der Waals surface area contributed by atoms with Crippen molar-refractivity contribution in [1.82, 2.24) is 10.2 Å². The number of hydrogen-bond acceptors (Lipinski definition) is 3. The van der Waals surface area contributed by atoms with Crippen LogP contribution in [0.15, 0.2) is 24.3 Å². The number of halogens is 1. The number of likely N-dealkylation sites (tertiary alicyclic amines) is 1. The number of benzene rings is 1. The second-order valence-electron chi connectivity index (χ2n) is 8.51. The normalized spacial score (nSPS) is 16.4. The average Bonchev–Trinajstić information content (AvgIpc) is 2.68. The summed E-state index contributed by atoms with van der Waals surface area (Å²) in [5, 5.41) is 5.62. The molecule has 2 rings (SSSR count). The Morgan fingerprint density at radius 2 is 1.67 bits per heavy atom. The Balaban J connectivity index is 0.00000450. The minimum Gasteiger partial charge on any atom is -1.00 e. The van der Waals surface area contributed by atoms with Gasteiger partial charge in [-0.05, 0) is 44.7 Å². The van der Waals surface area contributed by atoms with E-state index in [1.165, 1.54) is 0 Å². The third-order valence-electron chi connectivity index (χ3n) is 5.35. The van der Waals surface area contributed by atoms with Crippen LogP contribution < -0.4 is 28.8 Å². The van der Waals surface area contributed by atoms with Crippen molar-refractivity contribution in [2.24, 2.45) is 11.8 Å². The molecule has 3 amide bonds. The highest BCUT2D eigenvalue weighted by molar-refractivity contribution is 5.97. The van der Waals surface area contributed by atoms with Gasteiger partial charge < -0.3 is 33.7 Å². The number of quaternary nitrogens is 1. The standard InChI is InChI=1S/C22H34N4O3.ClH/c1-14(2)13-19(23)22(29)26-11-9-17(10-12-26)21(28)24-16(4)20(27)25-18-7-5-15(3)6-8-18;/h5-8,14,16-17,19H,9-13,23H2,1-4H3,(H,24,28)(H,25,27);1H/t16-,19-;/m0./s1. The topological polar surface area (TPSA) is 106 Å². The van der Waals surface area contributed by atoms with Gasteiger partial charge in [0.25, 0.3) is 5.91 Å². The molecule has 1 saturated heterocycles. The number of carbonyl (C=O) groups excluding carboxylic acids is 3. The van der Waals surface area contributed by atoms with Gasteiger partial charge in [0.2, 0.25) is 11.8 Å². The molecule has 1 aromatic rings. The minimum atomic E-state index is -0.626. The molecule has 0 aromatic heterocycles. The van der Waals surface area contributed by atoms with Crippen LogP contribution in [0.5, 0.6) is 0 Å². The van der Waals surface area contributed by atoms with Gasteiger partial charge in [0.1, 0.15) is 6.04 Å². The Morgan fingerprint density at radius 3 is 2.20 bits per heavy atom. The summed E-state index contributed by atoms with van der Waals surface area (Å²) < 4.78 is 0. The first-order valence-corrected chi connectivity index (χ1v) is 10.5. The van der Waals surface area contributed by atoms with E-state index >= 15 is 0 Å². The van der Waals surface area contributed by atoms with Crippen LogP contribution in [0, 0.1) is 18.8 Å². The lowest BCUT2D eigenvalue weighted by Gasteiger charge is -2.32. The fraction of sp³-hybridized carbons (Fsp3) is 0.591. The molecular weight excluding hydrogens is 404 g/mol.